The molecule has 6 nitrogen and oxygen atoms in total. The number of carbonyl (C=O) groups is 1. The minimum absolute atomic E-state index is 0.0866. The second kappa shape index (κ2) is 8.59. The van der Waals surface area contributed by atoms with Crippen LogP contribution in [0.4, 0.5) is 10.3 Å². The Morgan fingerprint density at radius 3 is 2.96 bits per heavy atom. The van der Waals surface area contributed by atoms with Gasteiger partial charge in [-0.2, -0.15) is 0 Å². The first-order valence-corrected chi connectivity index (χ1v) is 10.6. The van der Waals surface area contributed by atoms with Gasteiger partial charge in [0.15, 0.2) is 9.47 Å². The van der Waals surface area contributed by atoms with E-state index in [2.05, 4.69) is 38.8 Å². The van der Waals surface area contributed by atoms with Crippen molar-refractivity contribution in [1.29, 1.82) is 0 Å². The summed E-state index contributed by atoms with van der Waals surface area (Å²) in [7, 11) is 0. The predicted molar refractivity (Wildman–Crippen MR) is 107 cm³/mol. The van der Waals surface area contributed by atoms with Gasteiger partial charge in [-0.3, -0.25) is 4.79 Å². The van der Waals surface area contributed by atoms with Gasteiger partial charge in [0, 0.05) is 6.54 Å². The van der Waals surface area contributed by atoms with Crippen molar-refractivity contribution in [2.24, 2.45) is 0 Å². The molecule has 0 fully saturated rings. The van der Waals surface area contributed by atoms with E-state index in [1.54, 1.807) is 0 Å². The predicted octanol–water partition coefficient (Wildman–Crippen LogP) is 4.40. The van der Waals surface area contributed by atoms with Gasteiger partial charge >= 0.3 is 0 Å². The highest BCUT2D eigenvalue weighted by atomic mass is 32.2. The molecule has 0 saturated carbocycles. The molecule has 3 aromatic rings. The number of hydrogen-bond donors (Lipinski definition) is 2. The third-order valence-corrected chi connectivity index (χ3v) is 6.28. The number of unbranched alkanes of at least 4 members (excludes halogenated alkanes) is 1. The van der Waals surface area contributed by atoms with Gasteiger partial charge in [-0.25, -0.2) is 4.98 Å². The van der Waals surface area contributed by atoms with E-state index in [9.17, 15) is 4.79 Å². The monoisotopic (exact) mass is 393 g/mol. The zero-order chi connectivity index (χ0) is 17.6. The summed E-state index contributed by atoms with van der Waals surface area (Å²) >= 11 is 4.35. The summed E-state index contributed by atoms with van der Waals surface area (Å²) in [6, 6.07) is 6.07. The van der Waals surface area contributed by atoms with Crippen LogP contribution < -0.4 is 10.6 Å². The summed E-state index contributed by atoms with van der Waals surface area (Å²) in [6.07, 6.45) is 2.24. The number of thioether (sulfide) groups is 1. The average molecular weight is 394 g/mol. The molecule has 0 spiro atoms. The lowest BCUT2D eigenvalue weighted by Crippen LogP contribution is -2.13. The third kappa shape index (κ3) is 5.13. The molecule has 0 aliphatic carbocycles. The molecular weight excluding hydrogens is 374 g/mol. The summed E-state index contributed by atoms with van der Waals surface area (Å²) in [5.41, 5.74) is 2.09. The number of hydrogen-bond acceptors (Lipinski definition) is 8. The topological polar surface area (TPSA) is 79.8 Å². The van der Waals surface area contributed by atoms with Gasteiger partial charge in [0.2, 0.25) is 11.0 Å². The van der Waals surface area contributed by atoms with Gasteiger partial charge in [-0.1, -0.05) is 53.8 Å². The van der Waals surface area contributed by atoms with Crippen molar-refractivity contribution in [3.8, 4) is 0 Å². The molecular formula is C16H19N5OS3. The Balaban J connectivity index is 1.50. The highest BCUT2D eigenvalue weighted by molar-refractivity contribution is 8.01. The van der Waals surface area contributed by atoms with Crippen molar-refractivity contribution >= 4 is 60.8 Å². The molecule has 1 amide bonds. The SMILES string of the molecule is CCCCNc1nnc(SCC(=O)Nc2nc3ccc(C)cc3s2)s1. The second-order valence-electron chi connectivity index (χ2n) is 5.48. The minimum Gasteiger partial charge on any atom is -0.360 e. The lowest BCUT2D eigenvalue weighted by atomic mass is 10.2. The number of thiazole rings is 1. The highest BCUT2D eigenvalue weighted by Gasteiger charge is 2.11. The number of nitrogens with one attached hydrogen (secondary N) is 2. The Morgan fingerprint density at radius 1 is 1.24 bits per heavy atom. The van der Waals surface area contributed by atoms with Crippen molar-refractivity contribution in [2.45, 2.75) is 31.0 Å². The van der Waals surface area contributed by atoms with Gasteiger partial charge in [-0.05, 0) is 31.0 Å². The van der Waals surface area contributed by atoms with Crippen LogP contribution >= 0.6 is 34.4 Å². The van der Waals surface area contributed by atoms with Crippen molar-refractivity contribution in [3.05, 3.63) is 23.8 Å². The number of benzene rings is 1. The molecule has 0 unspecified atom stereocenters. The maximum Gasteiger partial charge on any atom is 0.236 e. The number of aryl methyl sites for hydroxylation is 1. The maximum absolute atomic E-state index is 12.1. The van der Waals surface area contributed by atoms with Crippen LogP contribution in [0, 0.1) is 6.92 Å². The Hall–Kier alpha value is -1.71. The van der Waals surface area contributed by atoms with Crippen LogP contribution in [0.25, 0.3) is 10.2 Å². The first-order chi connectivity index (χ1) is 12.1. The second-order valence-corrected chi connectivity index (χ2v) is 8.71. The van der Waals surface area contributed by atoms with E-state index in [4.69, 9.17) is 0 Å². The van der Waals surface area contributed by atoms with Gasteiger partial charge in [0.05, 0.1) is 16.0 Å². The Labute approximate surface area is 158 Å². The number of aromatic nitrogens is 3. The molecule has 9 heteroatoms. The van der Waals surface area contributed by atoms with Crippen molar-refractivity contribution in [2.75, 3.05) is 22.9 Å². The molecule has 2 aromatic heterocycles. The van der Waals surface area contributed by atoms with Crippen LogP contribution in [0.15, 0.2) is 22.5 Å². The lowest BCUT2D eigenvalue weighted by Gasteiger charge is -1.99. The molecule has 25 heavy (non-hydrogen) atoms. The normalized spacial score (nSPS) is 11.0. The summed E-state index contributed by atoms with van der Waals surface area (Å²) in [5.74, 6) is 0.204. The average Bonchev–Trinajstić information content (AvgIpc) is 3.19. The van der Waals surface area contributed by atoms with E-state index in [-0.39, 0.29) is 5.91 Å². The van der Waals surface area contributed by atoms with Crippen LogP contribution in [0.5, 0.6) is 0 Å². The van der Waals surface area contributed by atoms with Crippen molar-refractivity contribution < 1.29 is 4.79 Å². The van der Waals surface area contributed by atoms with Crippen LogP contribution in [-0.2, 0) is 4.79 Å². The molecule has 2 N–H and O–H groups in total. The fourth-order valence-corrected chi connectivity index (χ4v) is 4.64. The fourth-order valence-electron chi connectivity index (χ4n) is 2.08. The number of amides is 1. The maximum atomic E-state index is 12.1. The summed E-state index contributed by atoms with van der Waals surface area (Å²) in [6.45, 7) is 5.09. The number of carbonyl (C=O) groups excluding carboxylic acids is 1. The molecule has 132 valence electrons. The van der Waals surface area contributed by atoms with Crippen LogP contribution in [-0.4, -0.2) is 33.4 Å². The van der Waals surface area contributed by atoms with Crippen molar-refractivity contribution in [3.63, 3.8) is 0 Å². The lowest BCUT2D eigenvalue weighted by molar-refractivity contribution is -0.113. The summed E-state index contributed by atoms with van der Waals surface area (Å²) in [4.78, 5) is 16.6. The molecule has 1 aromatic carbocycles. The number of nitrogens with zero attached hydrogens (tertiary/aromatic N) is 3. The van der Waals surface area contributed by atoms with Crippen LogP contribution in [0.2, 0.25) is 0 Å². The standard InChI is InChI=1S/C16H19N5OS3/c1-3-4-7-17-14-20-21-16(25-14)23-9-13(22)19-15-18-11-6-5-10(2)8-12(11)24-15/h5-6,8H,3-4,7,9H2,1-2H3,(H,17,20)(H,18,19,22). The quantitative estimate of drug-likeness (QED) is 0.436. The number of fused-ring (bicyclic) bond motifs is 1. The Morgan fingerprint density at radius 2 is 2.12 bits per heavy atom. The first kappa shape index (κ1) is 18.1. The van der Waals surface area contributed by atoms with Gasteiger partial charge in [-0.15, -0.1) is 10.2 Å². The van der Waals surface area contributed by atoms with Gasteiger partial charge in [0.1, 0.15) is 0 Å². The zero-order valence-corrected chi connectivity index (χ0v) is 16.5. The van der Waals surface area contributed by atoms with Gasteiger partial charge in [0.25, 0.3) is 0 Å². The summed E-state index contributed by atoms with van der Waals surface area (Å²) in [5, 5.41) is 15.7. The van der Waals surface area contributed by atoms with E-state index in [1.165, 1.54) is 40.0 Å². The molecule has 0 aliphatic rings. The molecule has 0 aliphatic heterocycles. The van der Waals surface area contributed by atoms with Gasteiger partial charge < -0.3 is 10.6 Å². The smallest absolute Gasteiger partial charge is 0.236 e. The van der Waals surface area contributed by atoms with E-state index in [1.807, 2.05) is 19.1 Å². The first-order valence-electron chi connectivity index (χ1n) is 8.01. The van der Waals surface area contributed by atoms with Crippen LogP contribution in [0.3, 0.4) is 0 Å². The zero-order valence-electron chi connectivity index (χ0n) is 14.0. The fraction of sp³-hybridized carbons (Fsp3) is 0.375. The van der Waals surface area contributed by atoms with E-state index in [0.717, 1.165) is 39.1 Å². The number of anilines is 2. The third-order valence-electron chi connectivity index (χ3n) is 3.33. The number of rotatable bonds is 8. The molecule has 0 saturated heterocycles. The van der Waals surface area contributed by atoms with E-state index >= 15 is 0 Å². The molecule has 0 radical (unpaired) electrons. The molecule has 0 atom stereocenters. The van der Waals surface area contributed by atoms with E-state index in [0.29, 0.717) is 10.9 Å². The van der Waals surface area contributed by atoms with Crippen LogP contribution in [0.1, 0.15) is 25.3 Å². The van der Waals surface area contributed by atoms with E-state index < -0.39 is 0 Å². The minimum atomic E-state index is -0.0866. The molecule has 0 bridgehead atoms. The molecule has 3 rings (SSSR count). The highest BCUT2D eigenvalue weighted by Crippen LogP contribution is 2.28. The largest absolute Gasteiger partial charge is 0.360 e. The van der Waals surface area contributed by atoms with Crippen molar-refractivity contribution in [1.82, 2.24) is 15.2 Å². The summed E-state index contributed by atoms with van der Waals surface area (Å²) < 4.78 is 1.86. The molecule has 2 heterocycles. The Bertz CT molecular complexity index is 860. The Kier molecular flexibility index (Phi) is 6.22.